The lowest BCUT2D eigenvalue weighted by atomic mass is 11.9. The molecule has 0 aromatic heterocycles. The molecule has 1 N–H and O–H groups in total. The second kappa shape index (κ2) is 3.24. The number of thiol groups is 1. The van der Waals surface area contributed by atoms with Gasteiger partial charge in [0.25, 0.3) is 0 Å². The first-order chi connectivity index (χ1) is 1.91. The number of nitrogens with one attached hydrogen (secondary N) is 1. The van der Waals surface area contributed by atoms with Crippen LogP contribution < -0.4 is 0 Å². The summed E-state index contributed by atoms with van der Waals surface area (Å²) in [6, 6.07) is 0. The average Bonchev–Trinajstić information content (AvgIpc) is 1.37. The van der Waals surface area contributed by atoms with Crippen molar-refractivity contribution in [2.24, 2.45) is 0 Å². The molecule has 0 atom stereocenters. The van der Waals surface area contributed by atoms with Crippen LogP contribution in [-0.4, -0.2) is 4.70 Å². The molecule has 0 saturated carbocycles. The minimum atomic E-state index is 0.846. The van der Waals surface area contributed by atoms with Crippen LogP contribution in [0.2, 0.25) is 0 Å². The van der Waals surface area contributed by atoms with E-state index in [1.54, 1.807) is 0 Å². The summed E-state index contributed by atoms with van der Waals surface area (Å²) < 4.78 is 7.64. The van der Waals surface area contributed by atoms with Gasteiger partial charge in [-0.2, -0.15) is 0 Å². The van der Waals surface area contributed by atoms with Crippen molar-refractivity contribution in [1.29, 1.82) is 4.78 Å². The maximum atomic E-state index is 6.24. The van der Waals surface area contributed by atoms with Gasteiger partial charge in [0.1, 0.15) is 0 Å². The Hall–Kier alpha value is 0.240. The van der Waals surface area contributed by atoms with E-state index in [1.807, 2.05) is 0 Å². The van der Waals surface area contributed by atoms with E-state index < -0.39 is 0 Å². The Labute approximate surface area is 33.9 Å². The Balaban J connectivity index is 3.11. The predicted molar refractivity (Wildman–Crippen MR) is 25.1 cm³/mol. The molecular weight excluding hydrogens is 90.2 g/mol. The molecule has 3 heteroatoms. The molecule has 24 valence electrons. The summed E-state index contributed by atoms with van der Waals surface area (Å²) in [6.07, 6.45) is 0. The topological polar surface area (TPSA) is 23.9 Å². The molecule has 0 aliphatic heterocycles. The standard InChI is InChI=1S/CH3NS2/c2-4-1-3/h1-3H. The van der Waals surface area contributed by atoms with Crippen molar-refractivity contribution in [3.05, 3.63) is 0 Å². The highest BCUT2D eigenvalue weighted by Crippen LogP contribution is 1.44. The van der Waals surface area contributed by atoms with Gasteiger partial charge in [-0.05, 0) is 11.1 Å². The third-order valence-electron chi connectivity index (χ3n) is 0.0527. The lowest BCUT2D eigenvalue weighted by Gasteiger charge is -1.36. The van der Waals surface area contributed by atoms with Crippen LogP contribution in [0.1, 0.15) is 0 Å². The third kappa shape index (κ3) is 2.24. The van der Waals surface area contributed by atoms with Gasteiger partial charge in [0, 0.05) is 4.70 Å². The van der Waals surface area contributed by atoms with Crippen LogP contribution >= 0.6 is 12.6 Å². The van der Waals surface area contributed by atoms with Gasteiger partial charge in [0.05, 0.1) is 0 Å². The summed E-state index contributed by atoms with van der Waals surface area (Å²) in [6.45, 7) is 0. The molecular formula is CH3NS2. The average molecular weight is 93.2 g/mol. The molecule has 0 fully saturated rings. The van der Waals surface area contributed by atoms with Crippen molar-refractivity contribution < 1.29 is 0 Å². The summed E-state index contributed by atoms with van der Waals surface area (Å²) >= 11 is 4.42. The summed E-state index contributed by atoms with van der Waals surface area (Å²) in [5.41, 5.74) is 0. The predicted octanol–water partition coefficient (Wildman–Crippen LogP) is 0.521. The second-order valence-corrected chi connectivity index (χ2v) is 1.30. The van der Waals surface area contributed by atoms with Crippen molar-refractivity contribution in [3.8, 4) is 0 Å². The highest BCUT2D eigenvalue weighted by molar-refractivity contribution is 8.05. The Morgan fingerprint density at radius 2 is 2.25 bits per heavy atom. The minimum Gasteiger partial charge on any atom is -0.246 e. The zero-order valence-corrected chi connectivity index (χ0v) is 3.64. The molecule has 0 aliphatic rings. The van der Waals surface area contributed by atoms with Gasteiger partial charge in [-0.25, -0.2) is 4.78 Å². The van der Waals surface area contributed by atoms with E-state index >= 15 is 0 Å². The first-order valence-corrected chi connectivity index (χ1v) is 2.09. The molecule has 0 saturated heterocycles. The quantitative estimate of drug-likeness (QED) is 0.322. The third-order valence-corrected chi connectivity index (χ3v) is 0.474. The summed E-state index contributed by atoms with van der Waals surface area (Å²) in [5.74, 6) is 0. The fourth-order valence-electron chi connectivity index (χ4n) is 0. The van der Waals surface area contributed by atoms with Gasteiger partial charge >= 0.3 is 0 Å². The van der Waals surface area contributed by atoms with Gasteiger partial charge < -0.3 is 0 Å². The van der Waals surface area contributed by atoms with Gasteiger partial charge in [-0.15, -0.1) is 12.6 Å². The first-order valence-electron chi connectivity index (χ1n) is 0.698. The fraction of sp³-hybridized carbons (Fsp3) is 0. The van der Waals surface area contributed by atoms with Crippen LogP contribution in [0.5, 0.6) is 0 Å². The van der Waals surface area contributed by atoms with Crippen LogP contribution in [0.25, 0.3) is 0 Å². The Morgan fingerprint density at radius 3 is 2.25 bits per heavy atom. The van der Waals surface area contributed by atoms with Crippen molar-refractivity contribution in [2.75, 3.05) is 0 Å². The normalized spacial score (nSPS) is 5.25. The minimum absolute atomic E-state index is 0.846. The molecule has 0 amide bonds. The van der Waals surface area contributed by atoms with Crippen molar-refractivity contribution in [1.82, 2.24) is 0 Å². The molecule has 0 aromatic rings. The molecule has 4 heavy (non-hydrogen) atoms. The van der Waals surface area contributed by atoms with Gasteiger partial charge in [0.15, 0.2) is 0 Å². The molecule has 0 aromatic carbocycles. The van der Waals surface area contributed by atoms with E-state index in [1.165, 1.54) is 4.70 Å². The summed E-state index contributed by atoms with van der Waals surface area (Å²) in [7, 11) is 0. The molecule has 0 radical (unpaired) electrons. The fourth-order valence-corrected chi connectivity index (χ4v) is 0. The molecule has 0 unspecified atom stereocenters. The number of rotatable bonds is 0. The van der Waals surface area contributed by atoms with Gasteiger partial charge in [-0.3, -0.25) is 0 Å². The lowest BCUT2D eigenvalue weighted by molar-refractivity contribution is 1.67. The Morgan fingerprint density at radius 1 is 2.00 bits per heavy atom. The Bertz CT molecular complexity index is 44.0. The highest BCUT2D eigenvalue weighted by atomic mass is 32.2. The van der Waals surface area contributed by atoms with E-state index in [-0.39, 0.29) is 0 Å². The Kier molecular flexibility index (Phi) is 3.43. The lowest BCUT2D eigenvalue weighted by Crippen LogP contribution is -1.31. The molecule has 1 nitrogen and oxygen atoms in total. The van der Waals surface area contributed by atoms with Crippen LogP contribution in [0.3, 0.4) is 0 Å². The van der Waals surface area contributed by atoms with Crippen molar-refractivity contribution >= 4 is 28.5 Å². The van der Waals surface area contributed by atoms with Crippen molar-refractivity contribution in [3.63, 3.8) is 0 Å². The first kappa shape index (κ1) is 4.24. The molecule has 0 heterocycles. The molecule has 0 rings (SSSR count). The SMILES string of the molecule is N=S=CS. The van der Waals surface area contributed by atoms with Gasteiger partial charge in [-0.1, -0.05) is 0 Å². The molecule has 0 spiro atoms. The van der Waals surface area contributed by atoms with Crippen molar-refractivity contribution in [2.45, 2.75) is 0 Å². The largest absolute Gasteiger partial charge is 0.246 e. The summed E-state index contributed by atoms with van der Waals surface area (Å²) in [4.78, 5) is 0. The van der Waals surface area contributed by atoms with E-state index in [0.29, 0.717) is 0 Å². The van der Waals surface area contributed by atoms with Gasteiger partial charge in [0.2, 0.25) is 0 Å². The van der Waals surface area contributed by atoms with E-state index in [4.69, 9.17) is 4.78 Å². The summed E-state index contributed by atoms with van der Waals surface area (Å²) in [5, 5.41) is 0. The zero-order chi connectivity index (χ0) is 3.41. The van der Waals surface area contributed by atoms with E-state index in [2.05, 4.69) is 12.6 Å². The van der Waals surface area contributed by atoms with Crippen LogP contribution in [0, 0.1) is 4.78 Å². The van der Waals surface area contributed by atoms with E-state index in [0.717, 1.165) is 11.1 Å². The maximum Gasteiger partial charge on any atom is 0.0389 e. The van der Waals surface area contributed by atoms with Crippen LogP contribution in [-0.2, 0) is 11.1 Å². The molecule has 0 aliphatic carbocycles. The monoisotopic (exact) mass is 93.0 g/mol. The smallest absolute Gasteiger partial charge is 0.0389 e. The number of hydrogen-bond acceptors (Lipinski definition) is 1. The highest BCUT2D eigenvalue weighted by Gasteiger charge is 1.26. The second-order valence-electron chi connectivity index (χ2n) is 0.223. The van der Waals surface area contributed by atoms with Crippen LogP contribution in [0.15, 0.2) is 0 Å². The maximum absolute atomic E-state index is 6.24. The number of hydrogen-bond donors (Lipinski definition) is 2. The molecule has 0 bridgehead atoms. The zero-order valence-electron chi connectivity index (χ0n) is 1.93. The van der Waals surface area contributed by atoms with Crippen LogP contribution in [0.4, 0.5) is 0 Å². The van der Waals surface area contributed by atoms with E-state index in [9.17, 15) is 0 Å².